The highest BCUT2D eigenvalue weighted by Crippen LogP contribution is 2.30. The zero-order valence-corrected chi connectivity index (χ0v) is 12.4. The van der Waals surface area contributed by atoms with E-state index in [2.05, 4.69) is 21.8 Å². The Labute approximate surface area is 118 Å². The van der Waals surface area contributed by atoms with Gasteiger partial charge in [0.2, 0.25) is 0 Å². The molecule has 3 rings (SSSR count). The molecule has 0 bridgehead atoms. The number of aryl methyl sites for hydroxylation is 1. The van der Waals surface area contributed by atoms with Crippen LogP contribution in [0.15, 0.2) is 5.38 Å². The number of aromatic nitrogens is 1. The molecule has 3 heterocycles. The first-order valence-corrected chi connectivity index (χ1v) is 7.98. The minimum atomic E-state index is 0.132. The predicted octanol–water partition coefficient (Wildman–Crippen LogP) is 2.15. The molecule has 0 aromatic carbocycles. The van der Waals surface area contributed by atoms with Crippen LogP contribution in [0.2, 0.25) is 0 Å². The molecule has 0 spiro atoms. The van der Waals surface area contributed by atoms with Gasteiger partial charge in [0.15, 0.2) is 0 Å². The largest absolute Gasteiger partial charge is 0.333 e. The molecule has 1 aromatic rings. The van der Waals surface area contributed by atoms with Gasteiger partial charge in [-0.2, -0.15) is 0 Å². The number of carbonyl (C=O) groups excluding carboxylic acids is 1. The zero-order chi connectivity index (χ0) is 13.4. The van der Waals surface area contributed by atoms with Gasteiger partial charge in [-0.3, -0.25) is 4.79 Å². The third kappa shape index (κ3) is 2.41. The predicted molar refractivity (Wildman–Crippen MR) is 76.6 cm³/mol. The molecule has 1 aromatic heterocycles. The lowest BCUT2D eigenvalue weighted by molar-refractivity contribution is 0.0659. The Bertz CT molecular complexity index is 473. The van der Waals surface area contributed by atoms with Crippen molar-refractivity contribution in [1.29, 1.82) is 0 Å². The van der Waals surface area contributed by atoms with Crippen molar-refractivity contribution >= 4 is 17.2 Å². The van der Waals surface area contributed by atoms with E-state index in [1.165, 1.54) is 19.4 Å². The highest BCUT2D eigenvalue weighted by molar-refractivity contribution is 7.09. The second kappa shape index (κ2) is 5.21. The Morgan fingerprint density at radius 3 is 2.68 bits per heavy atom. The van der Waals surface area contributed by atoms with Gasteiger partial charge in [-0.1, -0.05) is 0 Å². The van der Waals surface area contributed by atoms with E-state index in [1.807, 2.05) is 12.3 Å². The fourth-order valence-electron chi connectivity index (χ4n) is 3.48. The lowest BCUT2D eigenvalue weighted by atomic mass is 10.0. The SMILES string of the molecule is Cc1nc(C(=O)N2CCC[C@@H]2[C@H]2CCCN2C)cs1. The third-order valence-electron chi connectivity index (χ3n) is 4.42. The van der Waals surface area contributed by atoms with E-state index in [-0.39, 0.29) is 5.91 Å². The second-order valence-corrected chi connectivity index (χ2v) is 6.71. The van der Waals surface area contributed by atoms with E-state index < -0.39 is 0 Å². The normalized spacial score (nSPS) is 28.2. The number of nitrogens with zero attached hydrogens (tertiary/aromatic N) is 3. The molecule has 104 valence electrons. The van der Waals surface area contributed by atoms with Crippen LogP contribution in [-0.4, -0.2) is 52.9 Å². The van der Waals surface area contributed by atoms with Crippen LogP contribution in [0.3, 0.4) is 0 Å². The number of amides is 1. The van der Waals surface area contributed by atoms with Gasteiger partial charge in [0.1, 0.15) is 5.69 Å². The van der Waals surface area contributed by atoms with E-state index in [4.69, 9.17) is 0 Å². The molecule has 2 aliphatic rings. The fraction of sp³-hybridized carbons (Fsp3) is 0.714. The summed E-state index contributed by atoms with van der Waals surface area (Å²) in [5, 5.41) is 2.86. The molecule has 0 saturated carbocycles. The molecule has 2 saturated heterocycles. The van der Waals surface area contributed by atoms with Crippen LogP contribution in [0, 0.1) is 6.92 Å². The van der Waals surface area contributed by atoms with Gasteiger partial charge < -0.3 is 9.80 Å². The molecule has 0 aliphatic carbocycles. The summed E-state index contributed by atoms with van der Waals surface area (Å²) in [7, 11) is 2.19. The molecule has 4 nitrogen and oxygen atoms in total. The number of likely N-dealkylation sites (N-methyl/N-ethyl adjacent to an activating group) is 1. The Morgan fingerprint density at radius 2 is 2.05 bits per heavy atom. The monoisotopic (exact) mass is 279 g/mol. The Balaban J connectivity index is 1.77. The van der Waals surface area contributed by atoms with Crippen LogP contribution in [0.4, 0.5) is 0 Å². The van der Waals surface area contributed by atoms with E-state index in [1.54, 1.807) is 11.3 Å². The van der Waals surface area contributed by atoms with Gasteiger partial charge >= 0.3 is 0 Å². The van der Waals surface area contributed by atoms with Crippen molar-refractivity contribution in [3.63, 3.8) is 0 Å². The quantitative estimate of drug-likeness (QED) is 0.832. The molecule has 0 radical (unpaired) electrons. The number of carbonyl (C=O) groups is 1. The average molecular weight is 279 g/mol. The van der Waals surface area contributed by atoms with Gasteiger partial charge in [0.05, 0.1) is 5.01 Å². The van der Waals surface area contributed by atoms with Crippen molar-refractivity contribution in [3.8, 4) is 0 Å². The first-order valence-electron chi connectivity index (χ1n) is 7.10. The highest BCUT2D eigenvalue weighted by Gasteiger charge is 2.39. The highest BCUT2D eigenvalue weighted by atomic mass is 32.1. The molecular formula is C14H21N3OS. The third-order valence-corrected chi connectivity index (χ3v) is 5.19. The van der Waals surface area contributed by atoms with Crippen molar-refractivity contribution in [2.75, 3.05) is 20.1 Å². The van der Waals surface area contributed by atoms with E-state index in [9.17, 15) is 4.79 Å². The lowest BCUT2D eigenvalue weighted by Gasteiger charge is -2.32. The maximum atomic E-state index is 12.6. The first kappa shape index (κ1) is 13.1. The molecule has 1 amide bonds. The van der Waals surface area contributed by atoms with E-state index in [0.717, 1.165) is 24.4 Å². The van der Waals surface area contributed by atoms with Crippen molar-refractivity contribution < 1.29 is 4.79 Å². The number of hydrogen-bond donors (Lipinski definition) is 0. The molecule has 0 N–H and O–H groups in total. The van der Waals surface area contributed by atoms with Crippen molar-refractivity contribution in [2.45, 2.75) is 44.7 Å². The Morgan fingerprint density at radius 1 is 1.32 bits per heavy atom. The molecule has 2 fully saturated rings. The molecule has 5 heteroatoms. The summed E-state index contributed by atoms with van der Waals surface area (Å²) in [6.45, 7) is 4.01. The van der Waals surface area contributed by atoms with Crippen LogP contribution in [0.1, 0.15) is 41.2 Å². The molecule has 0 unspecified atom stereocenters. The summed E-state index contributed by atoms with van der Waals surface area (Å²) < 4.78 is 0. The fourth-order valence-corrected chi connectivity index (χ4v) is 4.06. The van der Waals surface area contributed by atoms with Gasteiger partial charge in [0.25, 0.3) is 5.91 Å². The topological polar surface area (TPSA) is 36.4 Å². The van der Waals surface area contributed by atoms with Crippen LogP contribution in [-0.2, 0) is 0 Å². The Kier molecular flexibility index (Phi) is 3.58. The second-order valence-electron chi connectivity index (χ2n) is 5.65. The molecular weight excluding hydrogens is 258 g/mol. The van der Waals surface area contributed by atoms with Crippen LogP contribution < -0.4 is 0 Å². The Hall–Kier alpha value is -0.940. The lowest BCUT2D eigenvalue weighted by Crippen LogP contribution is -2.47. The summed E-state index contributed by atoms with van der Waals surface area (Å²) >= 11 is 1.56. The van der Waals surface area contributed by atoms with Gasteiger partial charge in [-0.15, -0.1) is 11.3 Å². The minimum Gasteiger partial charge on any atom is -0.333 e. The van der Waals surface area contributed by atoms with Crippen LogP contribution in [0.25, 0.3) is 0 Å². The zero-order valence-electron chi connectivity index (χ0n) is 11.6. The summed E-state index contributed by atoms with van der Waals surface area (Å²) in [5.41, 5.74) is 0.634. The maximum Gasteiger partial charge on any atom is 0.273 e. The maximum absolute atomic E-state index is 12.6. The standard InChI is InChI=1S/C14H21N3OS/c1-10-15-11(9-19-10)14(18)17-8-4-6-13(17)12-5-3-7-16(12)2/h9,12-13H,3-8H2,1-2H3/t12-,13-/m1/s1. The number of rotatable bonds is 2. The molecule has 19 heavy (non-hydrogen) atoms. The van der Waals surface area contributed by atoms with Gasteiger partial charge in [-0.05, 0) is 46.2 Å². The summed E-state index contributed by atoms with van der Waals surface area (Å²) in [6.07, 6.45) is 4.75. The number of hydrogen-bond acceptors (Lipinski definition) is 4. The van der Waals surface area contributed by atoms with Crippen molar-refractivity contribution in [3.05, 3.63) is 16.1 Å². The minimum absolute atomic E-state index is 0.132. The average Bonchev–Trinajstić information content (AvgIpc) is 3.07. The van der Waals surface area contributed by atoms with Crippen LogP contribution >= 0.6 is 11.3 Å². The smallest absolute Gasteiger partial charge is 0.273 e. The first-order chi connectivity index (χ1) is 9.16. The summed E-state index contributed by atoms with van der Waals surface area (Å²) in [4.78, 5) is 21.4. The number of likely N-dealkylation sites (tertiary alicyclic amines) is 2. The summed E-state index contributed by atoms with van der Waals surface area (Å²) in [6, 6.07) is 0.938. The van der Waals surface area contributed by atoms with Crippen molar-refractivity contribution in [2.24, 2.45) is 0 Å². The van der Waals surface area contributed by atoms with Crippen molar-refractivity contribution in [1.82, 2.24) is 14.8 Å². The molecule has 2 aliphatic heterocycles. The number of thiazole rings is 1. The van der Waals surface area contributed by atoms with Crippen LogP contribution in [0.5, 0.6) is 0 Å². The molecule has 2 atom stereocenters. The van der Waals surface area contributed by atoms with E-state index in [0.29, 0.717) is 17.8 Å². The van der Waals surface area contributed by atoms with Gasteiger partial charge in [0, 0.05) is 24.0 Å². The summed E-state index contributed by atoms with van der Waals surface area (Å²) in [5.74, 6) is 0.132. The van der Waals surface area contributed by atoms with E-state index >= 15 is 0 Å². The van der Waals surface area contributed by atoms with Gasteiger partial charge in [-0.25, -0.2) is 4.98 Å².